The number of carbonyl (C=O) groups is 1. The lowest BCUT2D eigenvalue weighted by Gasteiger charge is -2.08. The van der Waals surface area contributed by atoms with Gasteiger partial charge in [0.15, 0.2) is 0 Å². The third-order valence-electron chi connectivity index (χ3n) is 2.15. The minimum atomic E-state index is -1.07. The van der Waals surface area contributed by atoms with Crippen molar-refractivity contribution in [1.82, 2.24) is 0 Å². The molecule has 4 nitrogen and oxygen atoms in total. The van der Waals surface area contributed by atoms with E-state index in [2.05, 4.69) is 0 Å². The molecule has 88 valence electrons. The minimum Gasteiger partial charge on any atom is -0.488 e. The zero-order valence-electron chi connectivity index (χ0n) is 8.72. The number of carboxylic acids is 1. The number of rotatable bonds is 4. The third kappa shape index (κ3) is 2.79. The second kappa shape index (κ2) is 4.93. The first kappa shape index (κ1) is 11.5. The van der Waals surface area contributed by atoms with Gasteiger partial charge in [-0.1, -0.05) is 11.6 Å². The zero-order valence-corrected chi connectivity index (χ0v) is 9.48. The predicted molar refractivity (Wildman–Crippen MR) is 61.5 cm³/mol. The maximum absolute atomic E-state index is 11.0. The predicted octanol–water partition coefficient (Wildman–Crippen LogP) is 3.21. The number of hydrogen-bond donors (Lipinski definition) is 1. The summed E-state index contributed by atoms with van der Waals surface area (Å²) < 4.78 is 10.3. The molecule has 0 aliphatic carbocycles. The van der Waals surface area contributed by atoms with Gasteiger partial charge in [-0.05, 0) is 24.3 Å². The van der Waals surface area contributed by atoms with Crippen LogP contribution >= 0.6 is 11.6 Å². The van der Waals surface area contributed by atoms with Crippen LogP contribution in [0.25, 0.3) is 0 Å². The first-order valence-corrected chi connectivity index (χ1v) is 5.21. The molecule has 1 heterocycles. The number of benzene rings is 1. The number of aromatic carboxylic acids is 1. The molecule has 0 aliphatic rings. The van der Waals surface area contributed by atoms with Crippen molar-refractivity contribution < 1.29 is 19.1 Å². The first-order valence-electron chi connectivity index (χ1n) is 4.83. The number of furan rings is 1. The van der Waals surface area contributed by atoms with Crippen LogP contribution in [0.1, 0.15) is 15.9 Å². The van der Waals surface area contributed by atoms with Gasteiger partial charge in [-0.15, -0.1) is 0 Å². The second-order valence-electron chi connectivity index (χ2n) is 3.37. The monoisotopic (exact) mass is 252 g/mol. The van der Waals surface area contributed by atoms with Crippen LogP contribution in [0.5, 0.6) is 5.75 Å². The molecular weight excluding hydrogens is 244 g/mol. The molecule has 5 heteroatoms. The maximum Gasteiger partial charge on any atom is 0.339 e. The number of hydrogen-bond acceptors (Lipinski definition) is 3. The molecular formula is C12H9ClO4. The Balaban J connectivity index is 2.17. The van der Waals surface area contributed by atoms with Crippen molar-refractivity contribution in [3.8, 4) is 5.75 Å². The Labute approximate surface area is 102 Å². The smallest absolute Gasteiger partial charge is 0.339 e. The van der Waals surface area contributed by atoms with Crippen molar-refractivity contribution in [2.24, 2.45) is 0 Å². The van der Waals surface area contributed by atoms with Gasteiger partial charge in [0, 0.05) is 10.6 Å². The van der Waals surface area contributed by atoms with E-state index in [0.717, 1.165) is 5.56 Å². The lowest BCUT2D eigenvalue weighted by Crippen LogP contribution is -2.02. The molecule has 0 bridgehead atoms. The Bertz CT molecular complexity index is 519. The SMILES string of the molecule is O=C(O)c1cc(Cl)ccc1OCc1ccoc1. The number of carboxylic acid groups (broad SMARTS) is 1. The van der Waals surface area contributed by atoms with E-state index in [9.17, 15) is 4.79 Å². The van der Waals surface area contributed by atoms with Crippen LogP contribution in [0, 0.1) is 0 Å². The molecule has 0 amide bonds. The Hall–Kier alpha value is -1.94. The molecule has 0 saturated heterocycles. The molecule has 2 rings (SSSR count). The summed E-state index contributed by atoms with van der Waals surface area (Å²) in [5, 5.41) is 9.35. The van der Waals surface area contributed by atoms with Crippen LogP contribution in [0.3, 0.4) is 0 Å². The fourth-order valence-electron chi connectivity index (χ4n) is 1.33. The average Bonchev–Trinajstić information content (AvgIpc) is 2.80. The minimum absolute atomic E-state index is 0.0426. The highest BCUT2D eigenvalue weighted by atomic mass is 35.5. The van der Waals surface area contributed by atoms with E-state index >= 15 is 0 Å². The van der Waals surface area contributed by atoms with Gasteiger partial charge in [0.1, 0.15) is 17.9 Å². The largest absolute Gasteiger partial charge is 0.488 e. The summed E-state index contributed by atoms with van der Waals surface area (Å²) in [6, 6.07) is 6.22. The van der Waals surface area contributed by atoms with Crippen LogP contribution in [0.15, 0.2) is 41.2 Å². The highest BCUT2D eigenvalue weighted by Crippen LogP contribution is 2.23. The molecule has 0 aliphatic heterocycles. The van der Waals surface area contributed by atoms with Gasteiger partial charge < -0.3 is 14.3 Å². The van der Waals surface area contributed by atoms with E-state index in [1.807, 2.05) is 0 Å². The molecule has 0 radical (unpaired) electrons. The normalized spacial score (nSPS) is 10.2. The third-order valence-corrected chi connectivity index (χ3v) is 2.38. The molecule has 0 fully saturated rings. The van der Waals surface area contributed by atoms with Gasteiger partial charge in [-0.3, -0.25) is 0 Å². The molecule has 1 aromatic carbocycles. The van der Waals surface area contributed by atoms with Gasteiger partial charge in [0.25, 0.3) is 0 Å². The maximum atomic E-state index is 11.0. The van der Waals surface area contributed by atoms with Crippen molar-refractivity contribution >= 4 is 17.6 Å². The molecule has 2 aromatic rings. The van der Waals surface area contributed by atoms with Gasteiger partial charge >= 0.3 is 5.97 Å². The van der Waals surface area contributed by atoms with Gasteiger partial charge in [-0.25, -0.2) is 4.79 Å². The molecule has 1 aromatic heterocycles. The molecule has 1 N–H and O–H groups in total. The summed E-state index contributed by atoms with van der Waals surface area (Å²) >= 11 is 5.73. The van der Waals surface area contributed by atoms with Gasteiger partial charge in [0.05, 0.1) is 12.5 Å². The zero-order chi connectivity index (χ0) is 12.3. The average molecular weight is 253 g/mol. The molecule has 17 heavy (non-hydrogen) atoms. The molecule has 0 unspecified atom stereocenters. The Morgan fingerprint density at radius 1 is 1.41 bits per heavy atom. The molecule has 0 spiro atoms. The Morgan fingerprint density at radius 2 is 2.24 bits per heavy atom. The topological polar surface area (TPSA) is 59.7 Å². The molecule has 0 saturated carbocycles. The summed E-state index contributed by atoms with van der Waals surface area (Å²) in [5.74, 6) is -0.794. The summed E-state index contributed by atoms with van der Waals surface area (Å²) in [4.78, 5) is 11.0. The fraction of sp³-hybridized carbons (Fsp3) is 0.0833. The van der Waals surface area contributed by atoms with Crippen molar-refractivity contribution in [2.75, 3.05) is 0 Å². The van der Waals surface area contributed by atoms with E-state index in [1.54, 1.807) is 12.1 Å². The lowest BCUT2D eigenvalue weighted by molar-refractivity contribution is 0.0692. The standard InChI is InChI=1S/C12H9ClO4/c13-9-1-2-11(10(5-9)12(14)15)17-7-8-3-4-16-6-8/h1-6H,7H2,(H,14,15). The van der Waals surface area contributed by atoms with Crippen LogP contribution in [0.2, 0.25) is 5.02 Å². The highest BCUT2D eigenvalue weighted by Gasteiger charge is 2.12. The van der Waals surface area contributed by atoms with Crippen molar-refractivity contribution in [3.63, 3.8) is 0 Å². The van der Waals surface area contributed by atoms with Crippen LogP contribution in [-0.4, -0.2) is 11.1 Å². The number of ether oxygens (including phenoxy) is 1. The number of halogens is 1. The summed E-state index contributed by atoms with van der Waals surface area (Å²) in [6.45, 7) is 0.248. The second-order valence-corrected chi connectivity index (χ2v) is 3.80. The van der Waals surface area contributed by atoms with Crippen LogP contribution in [0.4, 0.5) is 0 Å². The summed E-state index contributed by atoms with van der Waals surface area (Å²) in [6.07, 6.45) is 3.06. The summed E-state index contributed by atoms with van der Waals surface area (Å²) in [7, 11) is 0. The van der Waals surface area contributed by atoms with E-state index < -0.39 is 5.97 Å². The van der Waals surface area contributed by atoms with Crippen LogP contribution in [-0.2, 0) is 6.61 Å². The van der Waals surface area contributed by atoms with E-state index in [0.29, 0.717) is 5.02 Å². The van der Waals surface area contributed by atoms with E-state index in [1.165, 1.54) is 24.7 Å². The van der Waals surface area contributed by atoms with Gasteiger partial charge in [-0.2, -0.15) is 0 Å². The first-order chi connectivity index (χ1) is 8.16. The summed E-state index contributed by atoms with van der Waals surface area (Å²) in [5.41, 5.74) is 0.872. The highest BCUT2D eigenvalue weighted by molar-refractivity contribution is 6.31. The lowest BCUT2D eigenvalue weighted by atomic mass is 10.2. The van der Waals surface area contributed by atoms with Crippen molar-refractivity contribution in [3.05, 3.63) is 52.9 Å². The van der Waals surface area contributed by atoms with E-state index in [-0.39, 0.29) is 17.9 Å². The van der Waals surface area contributed by atoms with Crippen LogP contribution < -0.4 is 4.74 Å². The fourth-order valence-corrected chi connectivity index (χ4v) is 1.50. The van der Waals surface area contributed by atoms with Crippen molar-refractivity contribution in [1.29, 1.82) is 0 Å². The quantitative estimate of drug-likeness (QED) is 0.908. The van der Waals surface area contributed by atoms with Gasteiger partial charge in [0.2, 0.25) is 0 Å². The van der Waals surface area contributed by atoms with Crippen molar-refractivity contribution in [2.45, 2.75) is 6.61 Å². The Morgan fingerprint density at radius 3 is 2.88 bits per heavy atom. The Kier molecular flexibility index (Phi) is 3.35. The molecule has 0 atom stereocenters. The van der Waals surface area contributed by atoms with E-state index in [4.69, 9.17) is 25.9 Å².